The molecule has 2 N–H and O–H groups in total. The van der Waals surface area contributed by atoms with Gasteiger partial charge in [-0.05, 0) is 42.9 Å². The van der Waals surface area contributed by atoms with E-state index < -0.39 is 4.92 Å². The predicted octanol–water partition coefficient (Wildman–Crippen LogP) is 4.12. The van der Waals surface area contributed by atoms with E-state index in [4.69, 9.17) is 17.0 Å². The molecule has 0 fully saturated rings. The SMILES string of the molecule is CCCOc1cccc(C(=O)NC(=S)Nc2nc3ccc([N+](=O)[O-])cc3s2)c1. The number of nitrogens with zero attached hydrogens (tertiary/aromatic N) is 2. The van der Waals surface area contributed by atoms with Gasteiger partial charge < -0.3 is 10.1 Å². The molecule has 0 aliphatic rings. The summed E-state index contributed by atoms with van der Waals surface area (Å²) in [7, 11) is 0. The van der Waals surface area contributed by atoms with Crippen molar-refractivity contribution in [3.05, 3.63) is 58.1 Å². The molecule has 0 saturated carbocycles. The summed E-state index contributed by atoms with van der Waals surface area (Å²) in [5.41, 5.74) is 1.01. The van der Waals surface area contributed by atoms with Gasteiger partial charge in [0.1, 0.15) is 5.75 Å². The molecule has 0 spiro atoms. The Bertz CT molecular complexity index is 1050. The third kappa shape index (κ3) is 4.78. The molecule has 0 atom stereocenters. The molecule has 0 aliphatic carbocycles. The number of ether oxygens (including phenoxy) is 1. The molecular formula is C18H16N4O4S2. The summed E-state index contributed by atoms with van der Waals surface area (Å²) >= 11 is 6.38. The van der Waals surface area contributed by atoms with Crippen LogP contribution in [-0.4, -0.2) is 27.5 Å². The fourth-order valence-electron chi connectivity index (χ4n) is 2.33. The van der Waals surface area contributed by atoms with Crippen LogP contribution in [-0.2, 0) is 0 Å². The third-order valence-corrected chi connectivity index (χ3v) is 4.74. The number of nitrogens with one attached hydrogen (secondary N) is 2. The average molecular weight is 416 g/mol. The van der Waals surface area contributed by atoms with Crippen molar-refractivity contribution in [1.82, 2.24) is 10.3 Å². The number of nitro groups is 1. The van der Waals surface area contributed by atoms with E-state index in [-0.39, 0.29) is 16.7 Å². The molecule has 0 unspecified atom stereocenters. The van der Waals surface area contributed by atoms with Crippen LogP contribution in [0.4, 0.5) is 10.8 Å². The van der Waals surface area contributed by atoms with Crippen LogP contribution in [0.25, 0.3) is 10.2 Å². The molecular weight excluding hydrogens is 400 g/mol. The molecule has 0 radical (unpaired) electrons. The van der Waals surface area contributed by atoms with Crippen molar-refractivity contribution in [2.45, 2.75) is 13.3 Å². The molecule has 1 amide bonds. The Morgan fingerprint density at radius 1 is 1.32 bits per heavy atom. The highest BCUT2D eigenvalue weighted by molar-refractivity contribution is 7.80. The van der Waals surface area contributed by atoms with Gasteiger partial charge in [-0.25, -0.2) is 4.98 Å². The maximum atomic E-state index is 12.4. The molecule has 3 rings (SSSR count). The number of hydrogen-bond acceptors (Lipinski definition) is 7. The van der Waals surface area contributed by atoms with E-state index in [9.17, 15) is 14.9 Å². The van der Waals surface area contributed by atoms with Gasteiger partial charge in [-0.2, -0.15) is 0 Å². The van der Waals surface area contributed by atoms with E-state index in [1.165, 1.54) is 23.5 Å². The lowest BCUT2D eigenvalue weighted by Gasteiger charge is -2.09. The number of benzene rings is 2. The molecule has 144 valence electrons. The molecule has 0 bridgehead atoms. The number of non-ortho nitro benzene ring substituents is 1. The van der Waals surface area contributed by atoms with Gasteiger partial charge in [0.05, 0.1) is 21.7 Å². The molecule has 0 aliphatic heterocycles. The Morgan fingerprint density at radius 3 is 2.89 bits per heavy atom. The van der Waals surface area contributed by atoms with Crippen LogP contribution in [0.2, 0.25) is 0 Å². The first-order valence-electron chi connectivity index (χ1n) is 8.36. The van der Waals surface area contributed by atoms with Crippen LogP contribution in [0.1, 0.15) is 23.7 Å². The molecule has 1 aromatic heterocycles. The minimum Gasteiger partial charge on any atom is -0.494 e. The summed E-state index contributed by atoms with van der Waals surface area (Å²) in [4.78, 5) is 27.1. The van der Waals surface area contributed by atoms with Crippen molar-refractivity contribution in [3.63, 3.8) is 0 Å². The standard InChI is InChI=1S/C18H16N4O4S2/c1-2-8-26-13-5-3-4-11(9-13)16(23)20-17(27)21-18-19-14-7-6-12(22(24)25)10-15(14)28-18/h3-7,9-10H,2,8H2,1H3,(H2,19,20,21,23,27). The van der Waals surface area contributed by atoms with Gasteiger partial charge in [0.25, 0.3) is 11.6 Å². The maximum Gasteiger partial charge on any atom is 0.270 e. The summed E-state index contributed by atoms with van der Waals surface area (Å²) in [6.45, 7) is 2.57. The summed E-state index contributed by atoms with van der Waals surface area (Å²) < 4.78 is 6.17. The quantitative estimate of drug-likeness (QED) is 0.354. The van der Waals surface area contributed by atoms with Gasteiger partial charge in [0.15, 0.2) is 10.2 Å². The van der Waals surface area contributed by atoms with E-state index in [0.717, 1.165) is 6.42 Å². The smallest absolute Gasteiger partial charge is 0.270 e. The average Bonchev–Trinajstić information content (AvgIpc) is 3.07. The first-order valence-corrected chi connectivity index (χ1v) is 9.59. The van der Waals surface area contributed by atoms with Gasteiger partial charge >= 0.3 is 0 Å². The number of thiazole rings is 1. The van der Waals surface area contributed by atoms with E-state index in [0.29, 0.717) is 33.3 Å². The number of amides is 1. The van der Waals surface area contributed by atoms with Crippen molar-refractivity contribution in [2.24, 2.45) is 0 Å². The lowest BCUT2D eigenvalue weighted by Crippen LogP contribution is -2.34. The van der Waals surface area contributed by atoms with Gasteiger partial charge in [-0.15, -0.1) is 0 Å². The van der Waals surface area contributed by atoms with Crippen LogP contribution >= 0.6 is 23.6 Å². The first-order chi connectivity index (χ1) is 13.5. The van der Waals surface area contributed by atoms with Crippen LogP contribution < -0.4 is 15.4 Å². The fourth-order valence-corrected chi connectivity index (χ4v) is 3.49. The topological polar surface area (TPSA) is 106 Å². The highest BCUT2D eigenvalue weighted by Gasteiger charge is 2.13. The van der Waals surface area contributed by atoms with Crippen molar-refractivity contribution in [3.8, 4) is 5.75 Å². The molecule has 0 saturated heterocycles. The monoisotopic (exact) mass is 416 g/mol. The second-order valence-electron chi connectivity index (χ2n) is 5.71. The number of thiocarbonyl (C=S) groups is 1. The number of carbonyl (C=O) groups is 1. The van der Waals surface area contributed by atoms with Crippen LogP contribution in [0.3, 0.4) is 0 Å². The van der Waals surface area contributed by atoms with Gasteiger partial charge in [-0.3, -0.25) is 20.2 Å². The Labute approximate surface area is 169 Å². The summed E-state index contributed by atoms with van der Waals surface area (Å²) in [6.07, 6.45) is 0.871. The molecule has 8 nitrogen and oxygen atoms in total. The molecule has 1 heterocycles. The van der Waals surface area contributed by atoms with E-state index in [2.05, 4.69) is 15.6 Å². The number of rotatable bonds is 6. The molecule has 3 aromatic rings. The number of hydrogen-bond donors (Lipinski definition) is 2. The Balaban J connectivity index is 1.66. The van der Waals surface area contributed by atoms with E-state index in [1.54, 1.807) is 30.3 Å². The summed E-state index contributed by atoms with van der Waals surface area (Å²) in [5, 5.41) is 16.8. The zero-order valence-electron chi connectivity index (χ0n) is 14.8. The third-order valence-electron chi connectivity index (χ3n) is 3.60. The molecule has 28 heavy (non-hydrogen) atoms. The predicted molar refractivity (Wildman–Crippen MR) is 112 cm³/mol. The van der Waals surface area contributed by atoms with Crippen molar-refractivity contribution in [2.75, 3.05) is 11.9 Å². The number of nitro benzene ring substituents is 1. The van der Waals surface area contributed by atoms with E-state index >= 15 is 0 Å². The zero-order valence-corrected chi connectivity index (χ0v) is 16.4. The van der Waals surface area contributed by atoms with Crippen molar-refractivity contribution >= 4 is 55.6 Å². The second-order valence-corrected chi connectivity index (χ2v) is 7.15. The Morgan fingerprint density at radius 2 is 2.14 bits per heavy atom. The summed E-state index contributed by atoms with van der Waals surface area (Å²) in [5.74, 6) is 0.234. The first kappa shape index (κ1) is 19.6. The normalized spacial score (nSPS) is 10.5. The summed E-state index contributed by atoms with van der Waals surface area (Å²) in [6, 6.07) is 11.2. The van der Waals surface area contributed by atoms with Crippen molar-refractivity contribution in [1.29, 1.82) is 0 Å². The van der Waals surface area contributed by atoms with Crippen LogP contribution in [0.15, 0.2) is 42.5 Å². The fraction of sp³-hybridized carbons (Fsp3) is 0.167. The van der Waals surface area contributed by atoms with Crippen LogP contribution in [0.5, 0.6) is 5.75 Å². The molecule has 2 aromatic carbocycles. The van der Waals surface area contributed by atoms with Crippen molar-refractivity contribution < 1.29 is 14.5 Å². The minimum absolute atomic E-state index is 0.0104. The lowest BCUT2D eigenvalue weighted by molar-refractivity contribution is -0.384. The minimum atomic E-state index is -0.463. The number of carbonyl (C=O) groups excluding carboxylic acids is 1. The Kier molecular flexibility index (Phi) is 6.12. The van der Waals surface area contributed by atoms with Crippen LogP contribution in [0, 0.1) is 10.1 Å². The number of anilines is 1. The van der Waals surface area contributed by atoms with E-state index in [1.807, 2.05) is 6.92 Å². The van der Waals surface area contributed by atoms with Gasteiger partial charge in [0, 0.05) is 17.7 Å². The van der Waals surface area contributed by atoms with Gasteiger partial charge in [0.2, 0.25) is 0 Å². The molecule has 10 heteroatoms. The largest absolute Gasteiger partial charge is 0.494 e. The lowest BCUT2D eigenvalue weighted by atomic mass is 10.2. The highest BCUT2D eigenvalue weighted by atomic mass is 32.1. The second kappa shape index (κ2) is 8.72. The zero-order chi connectivity index (χ0) is 20.1. The number of fused-ring (bicyclic) bond motifs is 1. The highest BCUT2D eigenvalue weighted by Crippen LogP contribution is 2.29. The van der Waals surface area contributed by atoms with Gasteiger partial charge in [-0.1, -0.05) is 24.3 Å². The maximum absolute atomic E-state index is 12.4. The Hall–Kier alpha value is -3.11. The number of aromatic nitrogens is 1.